The minimum atomic E-state index is 0.538. The standard InChI is InChI=1S/C14H10S4/c1-3-7-11-9(5-1)13(17-15-11)14-10-6-2-4-8-12(10)16-18-14/h1-5,7-8,13H,6H2. The molecule has 1 atom stereocenters. The van der Waals surface area contributed by atoms with E-state index in [0.717, 1.165) is 6.42 Å². The highest BCUT2D eigenvalue weighted by atomic mass is 33.1. The van der Waals surface area contributed by atoms with Crippen LogP contribution >= 0.6 is 43.2 Å². The monoisotopic (exact) mass is 306 g/mol. The highest BCUT2D eigenvalue weighted by Gasteiger charge is 2.33. The molecule has 0 N–H and O–H groups in total. The minimum absolute atomic E-state index is 0.538. The molecule has 2 aliphatic heterocycles. The lowest BCUT2D eigenvalue weighted by molar-refractivity contribution is 1.11. The third kappa shape index (κ3) is 1.82. The average Bonchev–Trinajstić information content (AvgIpc) is 3.01. The van der Waals surface area contributed by atoms with Crippen molar-refractivity contribution in [3.63, 3.8) is 0 Å². The van der Waals surface area contributed by atoms with Crippen LogP contribution in [-0.4, -0.2) is 0 Å². The molecule has 90 valence electrons. The van der Waals surface area contributed by atoms with Gasteiger partial charge < -0.3 is 0 Å². The molecule has 1 aliphatic carbocycles. The SMILES string of the molecule is C1=CCC2=C(C3SSc4ccccc43)SSC2=C1. The minimum Gasteiger partial charge on any atom is -0.0800 e. The fourth-order valence-electron chi connectivity index (χ4n) is 2.29. The van der Waals surface area contributed by atoms with Crippen LogP contribution in [0.1, 0.15) is 17.2 Å². The first-order valence-corrected chi connectivity index (χ1v) is 10.2. The molecule has 4 rings (SSSR count). The van der Waals surface area contributed by atoms with E-state index in [9.17, 15) is 0 Å². The van der Waals surface area contributed by atoms with Crippen molar-refractivity contribution in [1.82, 2.24) is 0 Å². The second-order valence-electron chi connectivity index (χ2n) is 4.27. The van der Waals surface area contributed by atoms with Crippen LogP contribution in [0.15, 0.2) is 62.8 Å². The third-order valence-electron chi connectivity index (χ3n) is 3.20. The molecule has 0 amide bonds. The molecule has 0 saturated heterocycles. The summed E-state index contributed by atoms with van der Waals surface area (Å²) in [5, 5.41) is 0.538. The van der Waals surface area contributed by atoms with Crippen molar-refractivity contribution in [2.75, 3.05) is 0 Å². The second kappa shape index (κ2) is 4.75. The number of hydrogen-bond donors (Lipinski definition) is 0. The highest BCUT2D eigenvalue weighted by molar-refractivity contribution is 8.81. The molecule has 1 aromatic rings. The van der Waals surface area contributed by atoms with Gasteiger partial charge in [0.1, 0.15) is 0 Å². The summed E-state index contributed by atoms with van der Waals surface area (Å²) in [5.41, 5.74) is 3.06. The Hall–Kier alpha value is -0.160. The van der Waals surface area contributed by atoms with Crippen LogP contribution in [0.3, 0.4) is 0 Å². The second-order valence-corrected chi connectivity index (χ2v) is 8.83. The number of hydrogen-bond acceptors (Lipinski definition) is 4. The maximum atomic E-state index is 2.28. The summed E-state index contributed by atoms with van der Waals surface area (Å²) >= 11 is 0. The first kappa shape index (κ1) is 11.6. The van der Waals surface area contributed by atoms with Crippen molar-refractivity contribution in [3.05, 3.63) is 63.4 Å². The van der Waals surface area contributed by atoms with Crippen LogP contribution in [0.25, 0.3) is 0 Å². The van der Waals surface area contributed by atoms with Crippen LogP contribution in [0, 0.1) is 0 Å². The van der Waals surface area contributed by atoms with Gasteiger partial charge in [0.25, 0.3) is 0 Å². The van der Waals surface area contributed by atoms with E-state index in [1.165, 1.54) is 15.4 Å². The van der Waals surface area contributed by atoms with Crippen molar-refractivity contribution in [2.24, 2.45) is 0 Å². The largest absolute Gasteiger partial charge is 0.0800 e. The van der Waals surface area contributed by atoms with E-state index in [-0.39, 0.29) is 0 Å². The lowest BCUT2D eigenvalue weighted by Gasteiger charge is -2.13. The Kier molecular flexibility index (Phi) is 3.07. The van der Waals surface area contributed by atoms with Crippen LogP contribution < -0.4 is 0 Å². The Morgan fingerprint density at radius 1 is 1.06 bits per heavy atom. The van der Waals surface area contributed by atoms with Crippen molar-refractivity contribution in [3.8, 4) is 0 Å². The molecular weight excluding hydrogens is 296 g/mol. The number of fused-ring (bicyclic) bond motifs is 2. The van der Waals surface area contributed by atoms with Gasteiger partial charge in [0.2, 0.25) is 0 Å². The van der Waals surface area contributed by atoms with Crippen LogP contribution in [0.4, 0.5) is 0 Å². The highest BCUT2D eigenvalue weighted by Crippen LogP contribution is 2.64. The summed E-state index contributed by atoms with van der Waals surface area (Å²) in [6.45, 7) is 0. The molecule has 0 bridgehead atoms. The average molecular weight is 307 g/mol. The van der Waals surface area contributed by atoms with E-state index in [0.29, 0.717) is 5.25 Å². The normalized spacial score (nSPS) is 25.1. The predicted molar refractivity (Wildman–Crippen MR) is 86.7 cm³/mol. The van der Waals surface area contributed by atoms with E-state index < -0.39 is 0 Å². The van der Waals surface area contributed by atoms with E-state index in [1.54, 1.807) is 10.5 Å². The predicted octanol–water partition coefficient (Wildman–Crippen LogP) is 5.97. The lowest BCUT2D eigenvalue weighted by atomic mass is 10.0. The molecule has 0 aromatic heterocycles. The molecule has 1 unspecified atom stereocenters. The fraction of sp³-hybridized carbons (Fsp3) is 0.143. The number of allylic oxidation sites excluding steroid dienone is 4. The summed E-state index contributed by atoms with van der Waals surface area (Å²) < 4.78 is 0. The molecular formula is C14H10S4. The van der Waals surface area contributed by atoms with Gasteiger partial charge in [-0.25, -0.2) is 0 Å². The van der Waals surface area contributed by atoms with Crippen LogP contribution in [-0.2, 0) is 0 Å². The van der Waals surface area contributed by atoms with Gasteiger partial charge >= 0.3 is 0 Å². The Labute approximate surface area is 123 Å². The quantitative estimate of drug-likeness (QED) is 0.585. The molecule has 4 heteroatoms. The molecule has 18 heavy (non-hydrogen) atoms. The van der Waals surface area contributed by atoms with Gasteiger partial charge in [-0.15, -0.1) is 0 Å². The summed E-state index contributed by atoms with van der Waals surface area (Å²) in [6.07, 6.45) is 7.80. The Morgan fingerprint density at radius 3 is 3.00 bits per heavy atom. The van der Waals surface area contributed by atoms with Crippen molar-refractivity contribution < 1.29 is 0 Å². The van der Waals surface area contributed by atoms with Crippen LogP contribution in [0.5, 0.6) is 0 Å². The van der Waals surface area contributed by atoms with Gasteiger partial charge in [-0.3, -0.25) is 0 Å². The first-order chi connectivity index (χ1) is 8.93. The zero-order valence-electron chi connectivity index (χ0n) is 9.46. The summed E-state index contributed by atoms with van der Waals surface area (Å²) in [6, 6.07) is 8.82. The van der Waals surface area contributed by atoms with E-state index in [4.69, 9.17) is 0 Å². The van der Waals surface area contributed by atoms with Crippen molar-refractivity contribution >= 4 is 43.2 Å². The van der Waals surface area contributed by atoms with Crippen molar-refractivity contribution in [2.45, 2.75) is 16.6 Å². The molecule has 0 nitrogen and oxygen atoms in total. The van der Waals surface area contributed by atoms with E-state index in [2.05, 4.69) is 42.5 Å². The molecule has 3 aliphatic rings. The maximum absolute atomic E-state index is 2.28. The molecule has 2 heterocycles. The number of rotatable bonds is 1. The smallest absolute Gasteiger partial charge is 0.0736 e. The van der Waals surface area contributed by atoms with E-state index in [1.807, 2.05) is 43.2 Å². The zero-order chi connectivity index (χ0) is 11.9. The molecule has 0 radical (unpaired) electrons. The van der Waals surface area contributed by atoms with Gasteiger partial charge in [0.15, 0.2) is 0 Å². The fourth-order valence-corrected chi connectivity index (χ4v) is 8.61. The topological polar surface area (TPSA) is 0 Å². The van der Waals surface area contributed by atoms with E-state index >= 15 is 0 Å². The lowest BCUT2D eigenvalue weighted by Crippen LogP contribution is -1.95. The Morgan fingerprint density at radius 2 is 2.00 bits per heavy atom. The first-order valence-electron chi connectivity index (χ1n) is 5.80. The van der Waals surface area contributed by atoms with Gasteiger partial charge in [0.05, 0.1) is 5.25 Å². The maximum Gasteiger partial charge on any atom is 0.0736 e. The number of benzene rings is 1. The third-order valence-corrected chi connectivity index (χ3v) is 8.71. The summed E-state index contributed by atoms with van der Waals surface area (Å²) in [5.74, 6) is 0. The molecule has 0 saturated carbocycles. The van der Waals surface area contributed by atoms with Gasteiger partial charge in [-0.1, -0.05) is 73.5 Å². The molecule has 0 spiro atoms. The summed E-state index contributed by atoms with van der Waals surface area (Å²) in [7, 11) is 7.81. The van der Waals surface area contributed by atoms with Gasteiger partial charge in [-0.2, -0.15) is 0 Å². The Balaban J connectivity index is 1.78. The van der Waals surface area contributed by atoms with Crippen LogP contribution in [0.2, 0.25) is 0 Å². The van der Waals surface area contributed by atoms with Gasteiger partial charge in [0, 0.05) is 14.7 Å². The molecule has 1 aromatic carbocycles. The zero-order valence-corrected chi connectivity index (χ0v) is 12.7. The Bertz CT molecular complexity index is 598. The van der Waals surface area contributed by atoms with Crippen molar-refractivity contribution in [1.29, 1.82) is 0 Å². The molecule has 0 fully saturated rings. The van der Waals surface area contributed by atoms with Gasteiger partial charge in [-0.05, 0) is 29.7 Å². The summed E-state index contributed by atoms with van der Waals surface area (Å²) in [4.78, 5) is 4.47.